The fraction of sp³-hybridized carbons (Fsp3) is 0.800. The lowest BCUT2D eigenvalue weighted by Crippen LogP contribution is -2.56. The number of carbonyl (C=O) groups is 1. The Kier molecular flexibility index (Phi) is 4.74. The standard InChI is InChI=1S/C15H26BFO5/c1-9(14(7,19)15(8,20)10(2)18)11(17)16-21-12(3,4)13(5,6)22-16/h19-20H,1-8H3. The largest absolute Gasteiger partial charge is 0.525 e. The Bertz CT molecular complexity index is 492. The van der Waals surface area contributed by atoms with Crippen LogP contribution in [0.3, 0.4) is 0 Å². The van der Waals surface area contributed by atoms with Crippen molar-refractivity contribution >= 4 is 12.9 Å². The highest BCUT2D eigenvalue weighted by molar-refractivity contribution is 6.53. The number of hydrogen-bond acceptors (Lipinski definition) is 5. The number of carbonyl (C=O) groups excluding carboxylic acids is 1. The van der Waals surface area contributed by atoms with Crippen LogP contribution in [-0.4, -0.2) is 45.5 Å². The summed E-state index contributed by atoms with van der Waals surface area (Å²) in [6.07, 6.45) is 0. The molecule has 2 N–H and O–H groups in total. The first-order valence-electron chi connectivity index (χ1n) is 7.26. The molecule has 0 spiro atoms. The number of rotatable bonds is 4. The summed E-state index contributed by atoms with van der Waals surface area (Å²) in [4.78, 5) is 11.5. The summed E-state index contributed by atoms with van der Waals surface area (Å²) in [5.41, 5.74) is -6.73. The van der Waals surface area contributed by atoms with E-state index in [1.54, 1.807) is 27.7 Å². The number of halogens is 1. The van der Waals surface area contributed by atoms with Crippen molar-refractivity contribution in [3.05, 3.63) is 11.3 Å². The Morgan fingerprint density at radius 2 is 1.36 bits per heavy atom. The van der Waals surface area contributed by atoms with Gasteiger partial charge in [0.05, 0.1) is 11.2 Å². The zero-order chi connectivity index (χ0) is 17.7. The molecule has 0 radical (unpaired) electrons. The third-order valence-corrected chi connectivity index (χ3v) is 5.18. The minimum Gasteiger partial charge on any atom is -0.398 e. The molecule has 2 unspecified atom stereocenters. The van der Waals surface area contributed by atoms with E-state index in [0.29, 0.717) is 0 Å². The summed E-state index contributed by atoms with van der Waals surface area (Å²) in [6.45, 7) is 11.9. The topological polar surface area (TPSA) is 76.0 Å². The van der Waals surface area contributed by atoms with E-state index in [4.69, 9.17) is 9.31 Å². The normalized spacial score (nSPS) is 27.0. The fourth-order valence-corrected chi connectivity index (χ4v) is 2.06. The van der Waals surface area contributed by atoms with E-state index < -0.39 is 41.0 Å². The van der Waals surface area contributed by atoms with Gasteiger partial charge in [0, 0.05) is 0 Å². The van der Waals surface area contributed by atoms with Crippen molar-refractivity contribution in [2.75, 3.05) is 0 Å². The van der Waals surface area contributed by atoms with Crippen LogP contribution in [0.15, 0.2) is 11.3 Å². The first kappa shape index (κ1) is 19.3. The first-order chi connectivity index (χ1) is 9.58. The summed E-state index contributed by atoms with van der Waals surface area (Å²) in [6, 6.07) is 0. The van der Waals surface area contributed by atoms with Crippen molar-refractivity contribution in [1.29, 1.82) is 0 Å². The first-order valence-corrected chi connectivity index (χ1v) is 7.26. The second-order valence-electron chi connectivity index (χ2n) is 7.26. The van der Waals surface area contributed by atoms with Crippen molar-refractivity contribution < 1.29 is 28.7 Å². The van der Waals surface area contributed by atoms with Gasteiger partial charge in [0.1, 0.15) is 11.3 Å². The van der Waals surface area contributed by atoms with Crippen LogP contribution in [0.1, 0.15) is 55.4 Å². The second kappa shape index (κ2) is 5.41. The molecule has 0 aliphatic carbocycles. The van der Waals surface area contributed by atoms with E-state index >= 15 is 0 Å². The van der Waals surface area contributed by atoms with Gasteiger partial charge in [-0.1, -0.05) is 0 Å². The average Bonchev–Trinajstić information content (AvgIpc) is 2.56. The highest BCUT2D eigenvalue weighted by Gasteiger charge is 2.55. The summed E-state index contributed by atoms with van der Waals surface area (Å²) in [5.74, 6) is -0.668. The van der Waals surface area contributed by atoms with Gasteiger partial charge in [-0.05, 0) is 61.0 Å². The minimum absolute atomic E-state index is 0.203. The minimum atomic E-state index is -2.13. The Morgan fingerprint density at radius 3 is 1.68 bits per heavy atom. The number of aliphatic hydroxyl groups is 2. The van der Waals surface area contributed by atoms with Crippen LogP contribution in [0.4, 0.5) is 4.39 Å². The zero-order valence-electron chi connectivity index (χ0n) is 14.6. The average molecular weight is 316 g/mol. The lowest BCUT2D eigenvalue weighted by atomic mass is 9.73. The highest BCUT2D eigenvalue weighted by Crippen LogP contribution is 2.41. The van der Waals surface area contributed by atoms with Gasteiger partial charge in [-0.15, -0.1) is 0 Å². The van der Waals surface area contributed by atoms with Gasteiger partial charge < -0.3 is 19.5 Å². The highest BCUT2D eigenvalue weighted by atomic mass is 19.1. The summed E-state index contributed by atoms with van der Waals surface area (Å²) >= 11 is 0. The van der Waals surface area contributed by atoms with Crippen molar-refractivity contribution in [2.24, 2.45) is 0 Å². The third-order valence-electron chi connectivity index (χ3n) is 5.18. The summed E-state index contributed by atoms with van der Waals surface area (Å²) < 4.78 is 25.9. The molecule has 0 aromatic carbocycles. The van der Waals surface area contributed by atoms with Crippen LogP contribution in [0.2, 0.25) is 0 Å². The van der Waals surface area contributed by atoms with E-state index in [1.165, 1.54) is 13.8 Å². The molecule has 5 nitrogen and oxygen atoms in total. The molecule has 1 aliphatic heterocycles. The number of Topliss-reactive ketones (excluding diaryl/α,β-unsaturated/α-hetero) is 1. The molecule has 1 saturated heterocycles. The molecule has 0 bridgehead atoms. The maximum absolute atomic E-state index is 14.7. The van der Waals surface area contributed by atoms with Crippen LogP contribution in [-0.2, 0) is 14.1 Å². The lowest BCUT2D eigenvalue weighted by molar-refractivity contribution is -0.155. The molecule has 0 aromatic rings. The predicted octanol–water partition coefficient (Wildman–Crippen LogP) is 1.95. The van der Waals surface area contributed by atoms with E-state index in [1.807, 2.05) is 0 Å². The molecule has 2 atom stereocenters. The van der Waals surface area contributed by atoms with Crippen molar-refractivity contribution in [1.82, 2.24) is 0 Å². The third kappa shape index (κ3) is 2.87. The molecule has 1 fully saturated rings. The SMILES string of the molecule is CC(=O)C(C)(O)C(C)(O)C(C)=C(F)B1OC(C)(C)C(C)(C)O1. The summed E-state index contributed by atoms with van der Waals surface area (Å²) in [7, 11) is -1.29. The smallest absolute Gasteiger partial charge is 0.398 e. The molecule has 126 valence electrons. The zero-order valence-corrected chi connectivity index (χ0v) is 14.6. The molecule has 1 rings (SSSR count). The monoisotopic (exact) mass is 316 g/mol. The quantitative estimate of drug-likeness (QED) is 0.775. The molecular formula is C15H26BFO5. The Hall–Kier alpha value is -0.755. The molecule has 1 aliphatic rings. The van der Waals surface area contributed by atoms with Crippen LogP contribution < -0.4 is 0 Å². The van der Waals surface area contributed by atoms with Crippen molar-refractivity contribution in [3.63, 3.8) is 0 Å². The van der Waals surface area contributed by atoms with Crippen molar-refractivity contribution in [3.8, 4) is 0 Å². The lowest BCUT2D eigenvalue weighted by Gasteiger charge is -2.37. The maximum atomic E-state index is 14.7. The van der Waals surface area contributed by atoms with E-state index in [9.17, 15) is 19.4 Å². The molecular weight excluding hydrogens is 290 g/mol. The second-order valence-corrected chi connectivity index (χ2v) is 7.26. The molecule has 0 aromatic heterocycles. The molecule has 0 amide bonds. The van der Waals surface area contributed by atoms with Crippen LogP contribution in [0.25, 0.3) is 0 Å². The number of ketones is 1. The van der Waals surface area contributed by atoms with Crippen LogP contribution in [0, 0.1) is 0 Å². The van der Waals surface area contributed by atoms with E-state index in [2.05, 4.69) is 0 Å². The number of hydrogen-bond donors (Lipinski definition) is 2. The van der Waals surface area contributed by atoms with Gasteiger partial charge in [0.2, 0.25) is 0 Å². The van der Waals surface area contributed by atoms with Crippen LogP contribution in [0.5, 0.6) is 0 Å². The van der Waals surface area contributed by atoms with Gasteiger partial charge in [0.15, 0.2) is 11.4 Å². The molecule has 7 heteroatoms. The van der Waals surface area contributed by atoms with Crippen LogP contribution >= 0.6 is 0 Å². The molecule has 0 saturated carbocycles. The van der Waals surface area contributed by atoms with Gasteiger partial charge in [-0.25, -0.2) is 4.39 Å². The van der Waals surface area contributed by atoms with Gasteiger partial charge in [-0.2, -0.15) is 0 Å². The Balaban J connectivity index is 3.22. The van der Waals surface area contributed by atoms with Gasteiger partial charge >= 0.3 is 7.12 Å². The summed E-state index contributed by atoms with van der Waals surface area (Å²) in [5, 5.41) is 20.7. The fourth-order valence-electron chi connectivity index (χ4n) is 2.06. The Morgan fingerprint density at radius 1 is 1.00 bits per heavy atom. The van der Waals surface area contributed by atoms with Gasteiger partial charge in [-0.3, -0.25) is 4.79 Å². The van der Waals surface area contributed by atoms with Crippen molar-refractivity contribution in [2.45, 2.75) is 77.8 Å². The van der Waals surface area contributed by atoms with E-state index in [0.717, 1.165) is 13.8 Å². The predicted molar refractivity (Wildman–Crippen MR) is 81.8 cm³/mol. The Labute approximate surface area is 131 Å². The molecule has 1 heterocycles. The maximum Gasteiger partial charge on any atom is 0.525 e. The van der Waals surface area contributed by atoms with E-state index in [-0.39, 0.29) is 5.57 Å². The molecule has 22 heavy (non-hydrogen) atoms. The van der Waals surface area contributed by atoms with Gasteiger partial charge in [0.25, 0.3) is 0 Å².